The lowest BCUT2D eigenvalue weighted by Crippen LogP contribution is -2.70. The van der Waals surface area contributed by atoms with E-state index in [9.17, 15) is 45.3 Å². The largest absolute Gasteiger partial charge is 0.547 e. The van der Waals surface area contributed by atoms with Gasteiger partial charge in [-0.05, 0) is 18.2 Å². The minimum Gasteiger partial charge on any atom is -0.547 e. The predicted octanol–water partition coefficient (Wildman–Crippen LogP) is -4.77. The molecule has 2 fully saturated rings. The Balaban J connectivity index is 1.81. The average Bonchev–Trinajstić information content (AvgIpc) is 2.80. The van der Waals surface area contributed by atoms with Crippen LogP contribution in [0.15, 0.2) is 18.2 Å². The van der Waals surface area contributed by atoms with Gasteiger partial charge in [0.05, 0.1) is 27.1 Å². The van der Waals surface area contributed by atoms with E-state index in [1.54, 1.807) is 21.1 Å². The van der Waals surface area contributed by atoms with E-state index in [1.807, 2.05) is 0 Å². The number of nitrogens with zero attached hydrogens (tertiary/aromatic N) is 1. The molecule has 0 radical (unpaired) electrons. The molecule has 1 aromatic carbocycles. The van der Waals surface area contributed by atoms with Crippen LogP contribution in [0, 0.1) is 0 Å². The number of hydrogen-bond donors (Lipinski definition) is 7. The summed E-state index contributed by atoms with van der Waals surface area (Å²) in [6, 6.07) is 2.68. The van der Waals surface area contributed by atoms with Crippen molar-refractivity contribution in [2.24, 2.45) is 0 Å². The first-order valence-electron chi connectivity index (χ1n) is 11.3. The zero-order valence-electron chi connectivity index (χ0n) is 20.3. The van der Waals surface area contributed by atoms with Gasteiger partial charge in [-0.15, -0.1) is 0 Å². The van der Waals surface area contributed by atoms with Crippen molar-refractivity contribution in [2.75, 3.05) is 33.5 Å². The Hall–Kier alpha value is -2.60. The fourth-order valence-corrected chi connectivity index (χ4v) is 4.30. The van der Waals surface area contributed by atoms with E-state index < -0.39 is 85.6 Å². The highest BCUT2D eigenvalue weighted by molar-refractivity contribution is 5.93. The molecular formula is C22H32N2O13. The summed E-state index contributed by atoms with van der Waals surface area (Å²) in [5, 5.41) is 73.3. The molecular weight excluding hydrogens is 500 g/mol. The molecule has 15 nitrogen and oxygen atoms in total. The molecule has 2 aliphatic rings. The third kappa shape index (κ3) is 6.11. The number of anilines is 1. The number of ether oxygens (including phenoxy) is 4. The third-order valence-electron chi connectivity index (χ3n) is 6.27. The lowest BCUT2D eigenvalue weighted by molar-refractivity contribution is -0.910. The van der Waals surface area contributed by atoms with Gasteiger partial charge in [0.1, 0.15) is 60.6 Å². The second-order valence-electron chi connectivity index (χ2n) is 9.85. The summed E-state index contributed by atoms with van der Waals surface area (Å²) < 4.78 is 21.3. The van der Waals surface area contributed by atoms with Crippen LogP contribution in [0.3, 0.4) is 0 Å². The number of carboxylic acids is 1. The van der Waals surface area contributed by atoms with E-state index in [-0.39, 0.29) is 15.7 Å². The Kier molecular flexibility index (Phi) is 8.63. The maximum Gasteiger partial charge on any atom is 0.342 e. The first-order valence-corrected chi connectivity index (χ1v) is 11.3. The third-order valence-corrected chi connectivity index (χ3v) is 6.27. The lowest BCUT2D eigenvalue weighted by Gasteiger charge is -2.49. The summed E-state index contributed by atoms with van der Waals surface area (Å²) in [4.78, 5) is 23.8. The summed E-state index contributed by atoms with van der Waals surface area (Å²) >= 11 is 0. The van der Waals surface area contributed by atoms with Crippen molar-refractivity contribution >= 4 is 17.6 Å². The lowest BCUT2D eigenvalue weighted by atomic mass is 9.94. The molecule has 3 rings (SSSR count). The van der Waals surface area contributed by atoms with Crippen LogP contribution in [0.5, 0.6) is 5.75 Å². The minimum absolute atomic E-state index is 0.0650. The first-order chi connectivity index (χ1) is 17.1. The Bertz CT molecular complexity index is 986. The number of rotatable bonds is 7. The number of quaternary nitrogens is 1. The van der Waals surface area contributed by atoms with Crippen LogP contribution in [0.2, 0.25) is 0 Å². The molecule has 10 atom stereocenters. The Labute approximate surface area is 211 Å². The maximum atomic E-state index is 12.4. The number of hydrogen-bond acceptors (Lipinski definition) is 14. The summed E-state index contributed by atoms with van der Waals surface area (Å²) in [6.07, 6.45) is -16.0. The number of carboxylic acid groups (broad SMARTS) is 1. The molecule has 0 spiro atoms. The summed E-state index contributed by atoms with van der Waals surface area (Å²) in [6.45, 7) is -0.619. The Morgan fingerprint density at radius 2 is 1.68 bits per heavy atom. The van der Waals surface area contributed by atoms with E-state index in [1.165, 1.54) is 18.2 Å². The summed E-state index contributed by atoms with van der Waals surface area (Å²) in [7, 11) is 4.89. The van der Waals surface area contributed by atoms with E-state index in [2.05, 4.69) is 0 Å². The molecule has 0 unspecified atom stereocenters. The maximum absolute atomic E-state index is 12.4. The van der Waals surface area contributed by atoms with Gasteiger partial charge in [-0.1, -0.05) is 0 Å². The molecule has 0 aromatic heterocycles. The molecule has 0 bridgehead atoms. The zero-order chi connectivity index (χ0) is 27.8. The summed E-state index contributed by atoms with van der Waals surface area (Å²) in [5.74, 6) is -3.28. The minimum atomic E-state index is -2.06. The molecule has 2 heterocycles. The molecule has 8 N–H and O–H groups in total. The molecule has 0 aliphatic carbocycles. The Morgan fingerprint density at radius 3 is 2.27 bits per heavy atom. The first kappa shape index (κ1) is 29.0. The number of carbonyl (C=O) groups excluding carboxylic acids is 2. The van der Waals surface area contributed by atoms with E-state index in [4.69, 9.17) is 24.7 Å². The van der Waals surface area contributed by atoms with Gasteiger partial charge in [-0.25, -0.2) is 4.79 Å². The molecule has 15 heteroatoms. The number of likely N-dealkylation sites (N-methyl/N-ethyl adjacent to an activating group) is 1. The summed E-state index contributed by atoms with van der Waals surface area (Å²) in [5.41, 5.74) is 5.56. The van der Waals surface area contributed by atoms with Crippen LogP contribution in [0.25, 0.3) is 0 Å². The number of aliphatic carboxylic acids is 1. The zero-order valence-corrected chi connectivity index (χ0v) is 20.3. The van der Waals surface area contributed by atoms with Crippen molar-refractivity contribution < 1.29 is 68.8 Å². The quantitative estimate of drug-likeness (QED) is 0.0755. The van der Waals surface area contributed by atoms with Crippen molar-refractivity contribution in [3.63, 3.8) is 0 Å². The number of aromatic hydroxyl groups is 1. The smallest absolute Gasteiger partial charge is 0.342 e. The number of aliphatic hydroxyl groups is 5. The fraction of sp³-hybridized carbons (Fsp3) is 0.636. The van der Waals surface area contributed by atoms with E-state index in [0.29, 0.717) is 0 Å². The second-order valence-corrected chi connectivity index (χ2v) is 9.85. The second kappa shape index (κ2) is 11.0. The number of nitrogens with two attached hydrogens (primary N) is 1. The van der Waals surface area contributed by atoms with Crippen LogP contribution < -0.4 is 10.8 Å². The molecule has 2 saturated heterocycles. The van der Waals surface area contributed by atoms with Gasteiger partial charge in [0.2, 0.25) is 6.29 Å². The van der Waals surface area contributed by atoms with Gasteiger partial charge in [0.25, 0.3) is 0 Å². The molecule has 2 aliphatic heterocycles. The number of phenols is 1. The number of nitrogen functional groups attached to an aromatic ring is 1. The highest BCUT2D eigenvalue weighted by atomic mass is 16.7. The number of aliphatic hydroxyl groups excluding tert-OH is 5. The number of esters is 1. The van der Waals surface area contributed by atoms with Gasteiger partial charge in [0.15, 0.2) is 12.3 Å². The van der Waals surface area contributed by atoms with Crippen molar-refractivity contribution in [2.45, 2.75) is 61.3 Å². The van der Waals surface area contributed by atoms with Crippen LogP contribution >= 0.6 is 0 Å². The highest BCUT2D eigenvalue weighted by Crippen LogP contribution is 2.32. The van der Waals surface area contributed by atoms with Crippen molar-refractivity contribution in [3.05, 3.63) is 23.8 Å². The molecule has 1 aromatic rings. The van der Waals surface area contributed by atoms with Crippen molar-refractivity contribution in [3.8, 4) is 5.75 Å². The molecule has 0 saturated carbocycles. The highest BCUT2D eigenvalue weighted by Gasteiger charge is 2.55. The van der Waals surface area contributed by atoms with Crippen LogP contribution in [0.4, 0.5) is 5.69 Å². The molecule has 0 amide bonds. The van der Waals surface area contributed by atoms with Gasteiger partial charge >= 0.3 is 5.97 Å². The molecule has 208 valence electrons. The van der Waals surface area contributed by atoms with Gasteiger partial charge in [0, 0.05) is 5.69 Å². The van der Waals surface area contributed by atoms with Gasteiger partial charge in [-0.3, -0.25) is 0 Å². The van der Waals surface area contributed by atoms with E-state index >= 15 is 0 Å². The topological polar surface area (TPSA) is 242 Å². The van der Waals surface area contributed by atoms with Gasteiger partial charge < -0.3 is 69.7 Å². The number of benzene rings is 1. The van der Waals surface area contributed by atoms with E-state index in [0.717, 1.165) is 0 Å². The SMILES string of the molecule is C[N+](C)(C)[C@@H]1[C@@H](O[C@@H]2O[C@H](C(=O)[O-])[C@@H](O)[C@H](O)[C@H]2O)[C@@H](O)[C@@H](COC(=O)c2cc(N)ccc2O)O[C@H]1O. The Morgan fingerprint density at radius 1 is 1.03 bits per heavy atom. The molecule has 37 heavy (non-hydrogen) atoms. The predicted molar refractivity (Wildman–Crippen MR) is 118 cm³/mol. The number of carbonyl (C=O) groups is 2. The monoisotopic (exact) mass is 532 g/mol. The fourth-order valence-electron chi connectivity index (χ4n) is 4.30. The van der Waals surface area contributed by atoms with Crippen LogP contribution in [-0.2, 0) is 23.7 Å². The standard InChI is InChI=1S/C22H32N2O13/c1-24(2,3)12-17(36-22-16(29)14(27)15(28)18(37-22)19(30)31)13(26)11(35-21(12)33)7-34-20(32)9-6-8(23)4-5-10(9)25/h4-6,11-18,21-22,26-29,33H,7,23H2,1-3H3,(H-,25,30,31,32)/t11-,12-,13+,14+,15+,16-,17-,18+,21-,22-/m1/s1. The normalized spacial score (nSPS) is 36.6. The number of phenolic OH excluding ortho intramolecular Hbond substituents is 1. The van der Waals surface area contributed by atoms with Crippen molar-refractivity contribution in [1.82, 2.24) is 0 Å². The van der Waals surface area contributed by atoms with Crippen LogP contribution in [0.1, 0.15) is 10.4 Å². The van der Waals surface area contributed by atoms with Crippen LogP contribution in [-0.4, -0.2) is 136 Å². The average molecular weight is 532 g/mol. The van der Waals surface area contributed by atoms with Gasteiger partial charge in [-0.2, -0.15) is 0 Å². The van der Waals surface area contributed by atoms with Crippen molar-refractivity contribution in [1.29, 1.82) is 0 Å².